The summed E-state index contributed by atoms with van der Waals surface area (Å²) < 4.78 is 24.8. The third kappa shape index (κ3) is 1.99. The van der Waals surface area contributed by atoms with Crippen LogP contribution >= 0.6 is 0 Å². The molecule has 4 aliphatic heterocycles. The average Bonchev–Trinajstić information content (AvgIpc) is 3.47. The summed E-state index contributed by atoms with van der Waals surface area (Å²) in [6.45, 7) is 3.66. The summed E-state index contributed by atoms with van der Waals surface area (Å²) in [6, 6.07) is 3.75. The van der Waals surface area contributed by atoms with Crippen molar-refractivity contribution in [2.24, 2.45) is 0 Å². The number of piperidine rings is 1. The molecule has 2 aliphatic carbocycles. The monoisotopic (exact) mass is 415 g/mol. The van der Waals surface area contributed by atoms with E-state index in [1.54, 1.807) is 6.07 Å². The summed E-state index contributed by atoms with van der Waals surface area (Å²) in [4.78, 5) is 2.46. The molecule has 7 nitrogen and oxygen atoms in total. The number of hydrogen-bond acceptors (Lipinski definition) is 7. The van der Waals surface area contributed by atoms with Gasteiger partial charge in [-0.25, -0.2) is 0 Å². The number of phenolic OH excluding ortho intramolecular Hbond substituents is 1. The fourth-order valence-electron chi connectivity index (χ4n) is 7.62. The number of aliphatic hydroxyl groups is 1. The van der Waals surface area contributed by atoms with Crippen LogP contribution in [0, 0.1) is 0 Å². The van der Waals surface area contributed by atoms with Crippen LogP contribution in [0.5, 0.6) is 11.5 Å². The summed E-state index contributed by atoms with van der Waals surface area (Å²) in [6.07, 6.45) is 4.76. The molecule has 2 spiro atoms. The number of ether oxygens (including phenoxy) is 4. The Hall–Kier alpha value is -1.38. The largest absolute Gasteiger partial charge is 0.504 e. The molecule has 5 unspecified atom stereocenters. The number of nitrogens with zero attached hydrogens (tertiary/aromatic N) is 1. The van der Waals surface area contributed by atoms with Gasteiger partial charge in [-0.2, -0.15) is 0 Å². The van der Waals surface area contributed by atoms with Crippen LogP contribution in [0.15, 0.2) is 12.1 Å². The van der Waals surface area contributed by atoms with E-state index in [-0.39, 0.29) is 17.9 Å². The van der Waals surface area contributed by atoms with Crippen molar-refractivity contribution < 1.29 is 29.2 Å². The highest BCUT2D eigenvalue weighted by Crippen LogP contribution is 2.68. The summed E-state index contributed by atoms with van der Waals surface area (Å²) in [5.74, 6) is -0.163. The van der Waals surface area contributed by atoms with Crippen molar-refractivity contribution in [2.45, 2.75) is 73.6 Å². The number of rotatable bonds is 2. The molecular weight excluding hydrogens is 386 g/mol. The van der Waals surface area contributed by atoms with Gasteiger partial charge in [-0.15, -0.1) is 0 Å². The van der Waals surface area contributed by atoms with E-state index in [2.05, 4.69) is 4.90 Å². The van der Waals surface area contributed by atoms with Gasteiger partial charge in [-0.3, -0.25) is 4.90 Å². The first-order valence-electron chi connectivity index (χ1n) is 11.5. The van der Waals surface area contributed by atoms with Crippen molar-refractivity contribution in [1.82, 2.24) is 4.90 Å². The second kappa shape index (κ2) is 5.90. The Kier molecular flexibility index (Phi) is 3.58. The van der Waals surface area contributed by atoms with E-state index in [0.29, 0.717) is 31.8 Å². The van der Waals surface area contributed by atoms with Crippen LogP contribution in [0.2, 0.25) is 0 Å². The Morgan fingerprint density at radius 2 is 1.97 bits per heavy atom. The molecule has 6 aliphatic rings. The van der Waals surface area contributed by atoms with E-state index < -0.39 is 22.9 Å². The standard InChI is InChI=1S/C23H29NO6/c25-16-4-3-14-12-17-22(26)5-6-23(28-10-11-29-23)20-21(22,18(14)19(16)30-20)7-8-24(17)13-15-2-1-9-27-15/h3-4,15,17,20,25-26H,1-2,5-13H2. The lowest BCUT2D eigenvalue weighted by molar-refractivity contribution is -0.297. The second-order valence-corrected chi connectivity index (χ2v) is 9.95. The predicted octanol–water partition coefficient (Wildman–Crippen LogP) is 1.47. The molecule has 4 fully saturated rings. The molecule has 162 valence electrons. The van der Waals surface area contributed by atoms with Gasteiger partial charge in [0.05, 0.1) is 30.3 Å². The van der Waals surface area contributed by atoms with Crippen molar-refractivity contribution >= 4 is 0 Å². The Morgan fingerprint density at radius 3 is 2.77 bits per heavy atom. The Balaban J connectivity index is 1.38. The van der Waals surface area contributed by atoms with Gasteiger partial charge in [0.2, 0.25) is 5.79 Å². The van der Waals surface area contributed by atoms with E-state index >= 15 is 0 Å². The van der Waals surface area contributed by atoms with Crippen molar-refractivity contribution in [1.29, 1.82) is 0 Å². The fraction of sp³-hybridized carbons (Fsp3) is 0.739. The van der Waals surface area contributed by atoms with Gasteiger partial charge >= 0.3 is 0 Å². The van der Waals surface area contributed by atoms with Gasteiger partial charge in [0.25, 0.3) is 0 Å². The molecule has 2 N–H and O–H groups in total. The summed E-state index contributed by atoms with van der Waals surface area (Å²) in [7, 11) is 0. The first kappa shape index (κ1) is 18.2. The maximum atomic E-state index is 12.4. The Bertz CT molecular complexity index is 894. The van der Waals surface area contributed by atoms with E-state index in [1.165, 1.54) is 5.56 Å². The van der Waals surface area contributed by atoms with E-state index in [1.807, 2.05) is 6.07 Å². The first-order chi connectivity index (χ1) is 14.6. The van der Waals surface area contributed by atoms with Crippen LogP contribution in [0.4, 0.5) is 0 Å². The third-order valence-corrected chi connectivity index (χ3v) is 8.82. The molecule has 1 saturated carbocycles. The highest BCUT2D eigenvalue weighted by molar-refractivity contribution is 5.62. The smallest absolute Gasteiger partial charge is 0.207 e. The highest BCUT2D eigenvalue weighted by Gasteiger charge is 2.77. The lowest BCUT2D eigenvalue weighted by Crippen LogP contribution is -2.79. The van der Waals surface area contributed by atoms with Crippen molar-refractivity contribution in [3.8, 4) is 11.5 Å². The van der Waals surface area contributed by atoms with E-state index in [9.17, 15) is 10.2 Å². The predicted molar refractivity (Wildman–Crippen MR) is 106 cm³/mol. The van der Waals surface area contributed by atoms with Crippen LogP contribution < -0.4 is 4.74 Å². The van der Waals surface area contributed by atoms with Gasteiger partial charge < -0.3 is 29.2 Å². The minimum atomic E-state index is -0.943. The molecular formula is C23H29NO6. The SMILES string of the molecule is Oc1ccc2c3c1OC1C4(CCC5(O)C(C2)N(CC2CCCO2)CCC315)OCCO4. The zero-order valence-electron chi connectivity index (χ0n) is 17.1. The average molecular weight is 415 g/mol. The first-order valence-corrected chi connectivity index (χ1v) is 11.5. The molecule has 7 rings (SSSR count). The van der Waals surface area contributed by atoms with Crippen LogP contribution in [0.1, 0.15) is 43.2 Å². The van der Waals surface area contributed by atoms with Gasteiger partial charge in [0.15, 0.2) is 17.6 Å². The quantitative estimate of drug-likeness (QED) is 0.757. The van der Waals surface area contributed by atoms with E-state index in [4.69, 9.17) is 18.9 Å². The number of hydrogen-bond donors (Lipinski definition) is 2. The number of likely N-dealkylation sites (tertiary alicyclic amines) is 1. The minimum Gasteiger partial charge on any atom is -0.504 e. The van der Waals surface area contributed by atoms with Crippen molar-refractivity contribution in [3.63, 3.8) is 0 Å². The molecule has 3 saturated heterocycles. The number of fused-ring (bicyclic) bond motifs is 1. The topological polar surface area (TPSA) is 80.6 Å². The van der Waals surface area contributed by atoms with Gasteiger partial charge in [-0.05, 0) is 50.3 Å². The Morgan fingerprint density at radius 1 is 1.10 bits per heavy atom. The molecule has 7 heteroatoms. The summed E-state index contributed by atoms with van der Waals surface area (Å²) in [5, 5.41) is 23.1. The zero-order valence-corrected chi connectivity index (χ0v) is 17.1. The van der Waals surface area contributed by atoms with Crippen LogP contribution in [-0.4, -0.2) is 77.7 Å². The van der Waals surface area contributed by atoms with Crippen LogP contribution in [0.3, 0.4) is 0 Å². The summed E-state index contributed by atoms with van der Waals surface area (Å²) in [5.41, 5.74) is 0.615. The van der Waals surface area contributed by atoms with Gasteiger partial charge in [0.1, 0.15) is 0 Å². The number of aromatic hydroxyl groups is 1. The molecule has 2 bridgehead atoms. The van der Waals surface area contributed by atoms with Crippen LogP contribution in [0.25, 0.3) is 0 Å². The minimum absolute atomic E-state index is 0.00305. The third-order valence-electron chi connectivity index (χ3n) is 8.82. The van der Waals surface area contributed by atoms with E-state index in [0.717, 1.165) is 50.9 Å². The molecule has 1 aromatic carbocycles. The fourth-order valence-corrected chi connectivity index (χ4v) is 7.62. The molecule has 0 radical (unpaired) electrons. The lowest BCUT2D eigenvalue weighted by atomic mass is 9.48. The molecule has 30 heavy (non-hydrogen) atoms. The second-order valence-electron chi connectivity index (χ2n) is 9.95. The number of phenols is 1. The summed E-state index contributed by atoms with van der Waals surface area (Å²) >= 11 is 0. The molecule has 5 atom stereocenters. The van der Waals surface area contributed by atoms with Crippen LogP contribution in [-0.2, 0) is 26.0 Å². The molecule has 1 aromatic rings. The van der Waals surface area contributed by atoms with Crippen molar-refractivity contribution in [3.05, 3.63) is 23.3 Å². The normalized spacial score (nSPS) is 43.0. The van der Waals surface area contributed by atoms with Gasteiger partial charge in [-0.1, -0.05) is 6.07 Å². The highest BCUT2D eigenvalue weighted by atomic mass is 16.8. The maximum Gasteiger partial charge on any atom is 0.207 e. The Labute approximate surface area is 175 Å². The molecule has 0 amide bonds. The zero-order chi connectivity index (χ0) is 20.1. The molecule has 0 aromatic heterocycles. The van der Waals surface area contributed by atoms with Gasteiger partial charge in [0, 0.05) is 31.2 Å². The van der Waals surface area contributed by atoms with Crippen molar-refractivity contribution in [2.75, 3.05) is 32.9 Å². The molecule has 4 heterocycles. The maximum absolute atomic E-state index is 12.4. The lowest BCUT2D eigenvalue weighted by Gasteiger charge is -2.65. The number of benzene rings is 1.